The lowest BCUT2D eigenvalue weighted by atomic mass is 9.97. The largest absolute Gasteiger partial charge is 0.208 e. The van der Waals surface area contributed by atoms with E-state index in [0.717, 1.165) is 33.4 Å². The molecule has 0 bridgehead atoms. The zero-order chi connectivity index (χ0) is 35.1. The minimum Gasteiger partial charge on any atom is -0.208 e. The number of benzene rings is 8. The molecule has 0 saturated heterocycles. The summed E-state index contributed by atoms with van der Waals surface area (Å²) in [5.41, 5.74) is 9.95. The number of rotatable bonds is 6. The fourth-order valence-electron chi connectivity index (χ4n) is 7.27. The second-order valence-corrected chi connectivity index (χ2v) is 14.3. The molecule has 0 spiro atoms. The molecule has 248 valence electrons. The molecule has 0 fully saturated rings. The molecule has 0 amide bonds. The zero-order valence-electron chi connectivity index (χ0n) is 28.6. The molecule has 2 aromatic heterocycles. The fourth-order valence-corrected chi connectivity index (χ4v) is 8.49. The van der Waals surface area contributed by atoms with E-state index in [1.807, 2.05) is 6.07 Å². The smallest absolute Gasteiger partial charge is 0.165 e. The zero-order valence-corrected chi connectivity index (χ0v) is 29.5. The summed E-state index contributed by atoms with van der Waals surface area (Å²) < 4.78 is 2.43. The van der Waals surface area contributed by atoms with Gasteiger partial charge < -0.3 is 0 Å². The lowest BCUT2D eigenvalue weighted by Gasteiger charge is -2.11. The standard InChI is InChI=1S/C49H31N3S/c1-2-11-32(12-3-1)38-15-8-16-39(31-38)33-23-27-36(28-24-33)47-50-48(37-29-25-35(26-30-37)41-19-9-14-34-13-4-5-17-40(34)41)52-49(51-47)44-21-10-20-43-42-18-6-7-22-45(42)53-46(43)44/h1-31H. The van der Waals surface area contributed by atoms with Crippen LogP contribution in [-0.2, 0) is 0 Å². The quantitative estimate of drug-likeness (QED) is 0.174. The SMILES string of the molecule is c1ccc(-c2cccc(-c3ccc(-c4nc(-c5ccc(-c6cccc7ccccc67)cc5)nc(-c5cccc6c5sc5ccccc56)n4)cc3)c2)cc1. The van der Waals surface area contributed by atoms with Crippen LogP contribution >= 0.6 is 11.3 Å². The summed E-state index contributed by atoms with van der Waals surface area (Å²) in [7, 11) is 0. The summed E-state index contributed by atoms with van der Waals surface area (Å²) in [6, 6.07) is 66.4. The predicted molar refractivity (Wildman–Crippen MR) is 223 cm³/mol. The van der Waals surface area contributed by atoms with Crippen molar-refractivity contribution in [1.29, 1.82) is 0 Å². The van der Waals surface area contributed by atoms with Crippen molar-refractivity contribution in [1.82, 2.24) is 15.0 Å². The maximum Gasteiger partial charge on any atom is 0.165 e. The molecular weight excluding hydrogens is 663 g/mol. The van der Waals surface area contributed by atoms with E-state index < -0.39 is 0 Å². The number of hydrogen-bond donors (Lipinski definition) is 0. The summed E-state index contributed by atoms with van der Waals surface area (Å²) in [6.07, 6.45) is 0. The lowest BCUT2D eigenvalue weighted by molar-refractivity contribution is 1.08. The van der Waals surface area contributed by atoms with Crippen molar-refractivity contribution < 1.29 is 0 Å². The van der Waals surface area contributed by atoms with Gasteiger partial charge in [0.15, 0.2) is 17.5 Å². The number of hydrogen-bond acceptors (Lipinski definition) is 4. The van der Waals surface area contributed by atoms with Crippen molar-refractivity contribution in [2.24, 2.45) is 0 Å². The minimum atomic E-state index is 0.644. The van der Waals surface area contributed by atoms with Gasteiger partial charge in [0.25, 0.3) is 0 Å². The van der Waals surface area contributed by atoms with Crippen LogP contribution in [0.1, 0.15) is 0 Å². The second kappa shape index (κ2) is 13.1. The van der Waals surface area contributed by atoms with Crippen molar-refractivity contribution >= 4 is 42.3 Å². The average molecular weight is 694 g/mol. The van der Waals surface area contributed by atoms with Gasteiger partial charge in [-0.1, -0.05) is 170 Å². The van der Waals surface area contributed by atoms with Crippen LogP contribution in [0.2, 0.25) is 0 Å². The van der Waals surface area contributed by atoms with Gasteiger partial charge in [-0.2, -0.15) is 0 Å². The first-order valence-corrected chi connectivity index (χ1v) is 18.6. The Balaban J connectivity index is 1.08. The molecule has 0 unspecified atom stereocenters. The third kappa shape index (κ3) is 5.76. The first-order chi connectivity index (χ1) is 26.2. The highest BCUT2D eigenvalue weighted by Gasteiger charge is 2.17. The molecular formula is C49H31N3S. The monoisotopic (exact) mass is 693 g/mol. The van der Waals surface area contributed by atoms with Crippen LogP contribution in [0.4, 0.5) is 0 Å². The van der Waals surface area contributed by atoms with Crippen molar-refractivity contribution in [3.8, 4) is 67.5 Å². The normalized spacial score (nSPS) is 11.4. The van der Waals surface area contributed by atoms with Gasteiger partial charge in [0.05, 0.1) is 0 Å². The minimum absolute atomic E-state index is 0.644. The van der Waals surface area contributed by atoms with Crippen molar-refractivity contribution in [3.63, 3.8) is 0 Å². The summed E-state index contributed by atoms with van der Waals surface area (Å²) in [5.74, 6) is 1.96. The molecule has 10 rings (SSSR count). The van der Waals surface area contributed by atoms with Crippen LogP contribution in [-0.4, -0.2) is 15.0 Å². The Kier molecular flexibility index (Phi) is 7.67. The van der Waals surface area contributed by atoms with Gasteiger partial charge in [0, 0.05) is 36.9 Å². The van der Waals surface area contributed by atoms with Gasteiger partial charge in [0.1, 0.15) is 0 Å². The summed E-state index contributed by atoms with van der Waals surface area (Å²) in [4.78, 5) is 15.4. The van der Waals surface area contributed by atoms with Gasteiger partial charge in [-0.05, 0) is 62.4 Å². The van der Waals surface area contributed by atoms with Gasteiger partial charge in [-0.25, -0.2) is 15.0 Å². The molecule has 3 nitrogen and oxygen atoms in total. The van der Waals surface area contributed by atoms with Gasteiger partial charge >= 0.3 is 0 Å². The van der Waals surface area contributed by atoms with Crippen LogP contribution in [0.3, 0.4) is 0 Å². The molecule has 0 aliphatic carbocycles. The summed E-state index contributed by atoms with van der Waals surface area (Å²) in [6.45, 7) is 0. The molecule has 10 aromatic rings. The maximum atomic E-state index is 5.16. The maximum absolute atomic E-state index is 5.16. The molecule has 0 aliphatic rings. The molecule has 53 heavy (non-hydrogen) atoms. The average Bonchev–Trinajstić information content (AvgIpc) is 3.63. The van der Waals surface area contributed by atoms with E-state index in [2.05, 4.69) is 182 Å². The first kappa shape index (κ1) is 31.0. The van der Waals surface area contributed by atoms with Crippen molar-refractivity contribution in [3.05, 3.63) is 188 Å². The van der Waals surface area contributed by atoms with Gasteiger partial charge in [-0.3, -0.25) is 0 Å². The van der Waals surface area contributed by atoms with E-state index in [1.165, 1.54) is 47.6 Å². The van der Waals surface area contributed by atoms with Crippen LogP contribution < -0.4 is 0 Å². The molecule has 4 heteroatoms. The number of thiophene rings is 1. The second-order valence-electron chi connectivity index (χ2n) is 13.2. The molecule has 0 N–H and O–H groups in total. The Bertz CT molecular complexity index is 2920. The Hall–Kier alpha value is -6.75. The number of fused-ring (bicyclic) bond motifs is 4. The molecule has 0 radical (unpaired) electrons. The Morgan fingerprint density at radius 1 is 0.302 bits per heavy atom. The van der Waals surface area contributed by atoms with Crippen molar-refractivity contribution in [2.45, 2.75) is 0 Å². The van der Waals surface area contributed by atoms with Crippen LogP contribution in [0.5, 0.6) is 0 Å². The van der Waals surface area contributed by atoms with Crippen LogP contribution in [0, 0.1) is 0 Å². The molecule has 8 aromatic carbocycles. The molecule has 0 aliphatic heterocycles. The highest BCUT2D eigenvalue weighted by atomic mass is 32.1. The summed E-state index contributed by atoms with van der Waals surface area (Å²) in [5, 5.41) is 4.93. The molecule has 2 heterocycles. The van der Waals surface area contributed by atoms with E-state index in [1.54, 1.807) is 11.3 Å². The fraction of sp³-hybridized carbons (Fsp3) is 0. The third-order valence-electron chi connectivity index (χ3n) is 9.97. The molecule has 0 saturated carbocycles. The topological polar surface area (TPSA) is 38.7 Å². The van der Waals surface area contributed by atoms with E-state index in [0.29, 0.717) is 17.5 Å². The number of aromatic nitrogens is 3. The Morgan fingerprint density at radius 3 is 1.55 bits per heavy atom. The molecule has 0 atom stereocenters. The highest BCUT2D eigenvalue weighted by Crippen LogP contribution is 2.40. The van der Waals surface area contributed by atoms with E-state index >= 15 is 0 Å². The van der Waals surface area contributed by atoms with Crippen LogP contribution in [0.15, 0.2) is 188 Å². The van der Waals surface area contributed by atoms with E-state index in [4.69, 9.17) is 15.0 Å². The third-order valence-corrected chi connectivity index (χ3v) is 11.2. The van der Waals surface area contributed by atoms with Crippen LogP contribution in [0.25, 0.3) is 98.5 Å². The van der Waals surface area contributed by atoms with Gasteiger partial charge in [0.2, 0.25) is 0 Å². The van der Waals surface area contributed by atoms with E-state index in [-0.39, 0.29) is 0 Å². The predicted octanol–water partition coefficient (Wildman–Crippen LogP) is 13.4. The Labute approximate surface area is 311 Å². The van der Waals surface area contributed by atoms with Crippen molar-refractivity contribution in [2.75, 3.05) is 0 Å². The summed E-state index contributed by atoms with van der Waals surface area (Å²) >= 11 is 1.79. The Morgan fingerprint density at radius 2 is 0.792 bits per heavy atom. The first-order valence-electron chi connectivity index (χ1n) is 17.8. The number of nitrogens with zero attached hydrogens (tertiary/aromatic N) is 3. The van der Waals surface area contributed by atoms with Gasteiger partial charge in [-0.15, -0.1) is 11.3 Å². The highest BCUT2D eigenvalue weighted by molar-refractivity contribution is 7.26. The lowest BCUT2D eigenvalue weighted by Crippen LogP contribution is -2.00. The van der Waals surface area contributed by atoms with E-state index in [9.17, 15) is 0 Å².